The van der Waals surface area contributed by atoms with E-state index >= 15 is 0 Å². The molecule has 1 amide bonds. The molecule has 0 saturated carbocycles. The highest BCUT2D eigenvalue weighted by atomic mass is 31.2. The predicted molar refractivity (Wildman–Crippen MR) is 330 cm³/mol. The number of hydrogen-bond donors (Lipinski definition) is 1. The number of nitrogens with one attached hydrogen (secondary N) is 1. The Kier molecular flexibility index (Phi) is 52.7. The molecule has 1 N–H and O–H groups in total. The first-order valence-electron chi connectivity index (χ1n) is 30.5. The van der Waals surface area contributed by atoms with Gasteiger partial charge in [-0.25, -0.2) is 0 Å². The normalized spacial score (nSPS) is 14.6. The molecule has 0 aliphatic rings. The molecule has 0 rings (SSSR count). The summed E-state index contributed by atoms with van der Waals surface area (Å²) in [5, 5.41) is 3.00. The first kappa shape index (κ1) is 73.2. The van der Waals surface area contributed by atoms with E-state index in [0.29, 0.717) is 23.9 Å². The zero-order valence-corrected chi connectivity index (χ0v) is 50.8. The highest BCUT2D eigenvalue weighted by Crippen LogP contribution is 2.38. The number of ether oxygens (including phenoxy) is 1. The van der Waals surface area contributed by atoms with E-state index in [-0.39, 0.29) is 25.4 Å². The quantitative estimate of drug-likeness (QED) is 0.0212. The Bertz CT molecular complexity index is 1780. The molecule has 0 aromatic rings. The Morgan fingerprint density at radius 2 is 0.844 bits per heavy atom. The molecule has 0 aromatic carbocycles. The predicted octanol–water partition coefficient (Wildman–Crippen LogP) is 18.3. The van der Waals surface area contributed by atoms with E-state index in [1.165, 1.54) is 57.8 Å². The van der Waals surface area contributed by atoms with Gasteiger partial charge in [0.05, 0.1) is 33.8 Å². The van der Waals surface area contributed by atoms with Gasteiger partial charge in [-0.1, -0.05) is 232 Å². The van der Waals surface area contributed by atoms with Crippen LogP contribution in [0.2, 0.25) is 0 Å². The molecule has 0 aromatic heterocycles. The Morgan fingerprint density at radius 3 is 1.27 bits per heavy atom. The van der Waals surface area contributed by atoms with Crippen LogP contribution in [0.25, 0.3) is 0 Å². The number of nitrogens with zero attached hydrogens (tertiary/aromatic N) is 1. The van der Waals surface area contributed by atoms with Gasteiger partial charge in [-0.15, -0.1) is 0 Å². The lowest BCUT2D eigenvalue weighted by molar-refractivity contribution is -0.870. The lowest BCUT2D eigenvalue weighted by Crippen LogP contribution is -2.47. The van der Waals surface area contributed by atoms with Crippen LogP contribution in [-0.4, -0.2) is 69.4 Å². The summed E-state index contributed by atoms with van der Waals surface area (Å²) >= 11 is 0. The minimum Gasteiger partial charge on any atom is -0.756 e. The summed E-state index contributed by atoms with van der Waals surface area (Å²) in [4.78, 5) is 40.0. The monoisotopic (exact) mass is 1090 g/mol. The number of rotatable bonds is 53. The zero-order valence-electron chi connectivity index (χ0n) is 49.9. The second-order valence-corrected chi connectivity index (χ2v) is 22.5. The maximum atomic E-state index is 13.5. The molecule has 0 saturated heterocycles. The van der Waals surface area contributed by atoms with Gasteiger partial charge in [0.1, 0.15) is 19.3 Å². The minimum atomic E-state index is -4.73. The van der Waals surface area contributed by atoms with Crippen molar-refractivity contribution >= 4 is 19.7 Å². The van der Waals surface area contributed by atoms with Crippen LogP contribution in [0.1, 0.15) is 226 Å². The number of phosphoric acid groups is 1. The fourth-order valence-electron chi connectivity index (χ4n) is 7.94. The Balaban J connectivity index is 5.44. The second-order valence-electron chi connectivity index (χ2n) is 21.1. The summed E-state index contributed by atoms with van der Waals surface area (Å²) in [6.45, 7) is 6.54. The fourth-order valence-corrected chi connectivity index (χ4v) is 8.66. The van der Waals surface area contributed by atoms with E-state index < -0.39 is 32.5 Å². The van der Waals surface area contributed by atoms with Crippen LogP contribution < -0.4 is 10.2 Å². The first-order valence-corrected chi connectivity index (χ1v) is 32.0. The Morgan fingerprint density at radius 1 is 0.468 bits per heavy atom. The molecule has 9 nitrogen and oxygen atoms in total. The number of unbranched alkanes of at least 4 members (excludes halogenated alkanes) is 17. The lowest BCUT2D eigenvalue weighted by atomic mass is 10.0. The number of carbonyl (C=O) groups excluding carboxylic acids is 2. The third kappa shape index (κ3) is 56.7. The van der Waals surface area contributed by atoms with Crippen LogP contribution in [0, 0.1) is 0 Å². The molecule has 0 fully saturated rings. The van der Waals surface area contributed by atoms with Gasteiger partial charge in [0, 0.05) is 12.8 Å². The van der Waals surface area contributed by atoms with Gasteiger partial charge in [0.2, 0.25) is 5.91 Å². The smallest absolute Gasteiger partial charge is 0.306 e. The fraction of sp³-hybridized carbons (Fsp3) is 0.642. The van der Waals surface area contributed by atoms with E-state index in [1.54, 1.807) is 6.08 Å². The molecule has 3 atom stereocenters. The van der Waals surface area contributed by atoms with Crippen molar-refractivity contribution < 1.29 is 37.3 Å². The van der Waals surface area contributed by atoms with Gasteiger partial charge in [0.25, 0.3) is 7.82 Å². The number of likely N-dealkylation sites (N-methyl/N-ethyl adjacent to an activating group) is 1. The molecule has 0 spiro atoms. The molecule has 0 radical (unpaired) electrons. The summed E-state index contributed by atoms with van der Waals surface area (Å²) < 4.78 is 30.2. The number of carbonyl (C=O) groups is 2. The van der Waals surface area contributed by atoms with Gasteiger partial charge >= 0.3 is 5.97 Å². The Hall–Kier alpha value is -3.85. The van der Waals surface area contributed by atoms with Crippen molar-refractivity contribution in [1.29, 1.82) is 0 Å². The molecule has 10 heteroatoms. The highest BCUT2D eigenvalue weighted by molar-refractivity contribution is 7.45. The third-order valence-corrected chi connectivity index (χ3v) is 13.5. The molecular weight excluding hydrogens is 976 g/mol. The standard InChI is InChI=1S/C67H113N2O7P/c1-7-10-13-16-19-22-25-28-30-32-33-34-35-37-38-41-44-47-50-53-56-59-66(70)68-64(63-75-77(72,73)74-62-61-69(4,5)6)65(58-55-52-49-46-43-40-27-24-21-18-15-12-9-3)76-67(71)60-57-54-51-48-45-42-39-36-31-29-26-23-20-17-14-11-8-2/h10-11,13-14,19-20,22-23,28-31,33-34,37-39,42,48,51,55,58,64-65H,7-9,12,15-18,21,24-27,32,35-36,40-41,43-47,49-50,52-54,56-57,59-63H2,1-6H3,(H-,68,70,72,73)/b13-10-,14-11-,22-19-,23-20-,30-28-,31-29-,34-33-,38-37-,42-39-,51-48-,58-55-. The van der Waals surface area contributed by atoms with Crippen molar-refractivity contribution in [2.45, 2.75) is 238 Å². The summed E-state index contributed by atoms with van der Waals surface area (Å²) in [5.74, 6) is -0.641. The topological polar surface area (TPSA) is 114 Å². The minimum absolute atomic E-state index is 0.0429. The van der Waals surface area contributed by atoms with Gasteiger partial charge in [-0.05, 0) is 115 Å². The highest BCUT2D eigenvalue weighted by Gasteiger charge is 2.27. The molecule has 0 aliphatic carbocycles. The molecule has 3 unspecified atom stereocenters. The Labute approximate surface area is 473 Å². The van der Waals surface area contributed by atoms with Gasteiger partial charge < -0.3 is 28.5 Å². The van der Waals surface area contributed by atoms with Crippen molar-refractivity contribution in [3.05, 3.63) is 134 Å². The van der Waals surface area contributed by atoms with E-state index in [2.05, 4.69) is 148 Å². The molecule has 77 heavy (non-hydrogen) atoms. The number of hydrogen-bond acceptors (Lipinski definition) is 7. The maximum Gasteiger partial charge on any atom is 0.306 e. The molecule has 438 valence electrons. The van der Waals surface area contributed by atoms with Crippen molar-refractivity contribution in [1.82, 2.24) is 5.32 Å². The average molecular weight is 1090 g/mol. The van der Waals surface area contributed by atoms with E-state index in [9.17, 15) is 19.0 Å². The van der Waals surface area contributed by atoms with Crippen LogP contribution in [0.4, 0.5) is 0 Å². The van der Waals surface area contributed by atoms with Crippen molar-refractivity contribution in [3.63, 3.8) is 0 Å². The number of quaternary nitrogens is 1. The van der Waals surface area contributed by atoms with E-state index in [1.807, 2.05) is 27.2 Å². The van der Waals surface area contributed by atoms with Gasteiger partial charge in [-0.3, -0.25) is 14.2 Å². The third-order valence-electron chi connectivity index (χ3n) is 12.6. The lowest BCUT2D eigenvalue weighted by Gasteiger charge is -2.30. The van der Waals surface area contributed by atoms with Crippen LogP contribution >= 0.6 is 7.82 Å². The largest absolute Gasteiger partial charge is 0.756 e. The van der Waals surface area contributed by atoms with Gasteiger partial charge in [-0.2, -0.15) is 0 Å². The summed E-state index contributed by atoms with van der Waals surface area (Å²) in [5.41, 5.74) is 0. The number of phosphoric ester groups is 1. The van der Waals surface area contributed by atoms with Crippen molar-refractivity contribution in [2.75, 3.05) is 40.9 Å². The summed E-state index contributed by atoms with van der Waals surface area (Å²) in [7, 11) is 1.12. The van der Waals surface area contributed by atoms with E-state index in [0.717, 1.165) is 122 Å². The average Bonchev–Trinajstić information content (AvgIpc) is 3.39. The van der Waals surface area contributed by atoms with Crippen molar-refractivity contribution in [2.24, 2.45) is 0 Å². The molecule has 0 heterocycles. The van der Waals surface area contributed by atoms with Crippen LogP contribution in [-0.2, 0) is 27.9 Å². The van der Waals surface area contributed by atoms with Crippen molar-refractivity contribution in [3.8, 4) is 0 Å². The van der Waals surface area contributed by atoms with Crippen LogP contribution in [0.5, 0.6) is 0 Å². The first-order chi connectivity index (χ1) is 37.4. The van der Waals surface area contributed by atoms with E-state index in [4.69, 9.17) is 13.8 Å². The molecular formula is C67H113N2O7P. The number of allylic oxidation sites excluding steroid dienone is 21. The zero-order chi connectivity index (χ0) is 56.4. The second kappa shape index (κ2) is 55.5. The van der Waals surface area contributed by atoms with Crippen LogP contribution in [0.15, 0.2) is 134 Å². The molecule has 0 aliphatic heterocycles. The number of amides is 1. The summed E-state index contributed by atoms with van der Waals surface area (Å²) in [6, 6.07) is -0.932. The van der Waals surface area contributed by atoms with Gasteiger partial charge in [0.15, 0.2) is 0 Å². The SMILES string of the molecule is CC/C=C\C/C=C\C/C=C\C/C=C\C/C=C\CCCCCCCC(=O)NC(COP(=O)([O-])OCC[N+](C)(C)C)C(/C=C\CCCCCCCCCCCCC)OC(=O)CCC/C=C\C/C=C\C/C=C\C/C=C\C/C=C\CC. The van der Waals surface area contributed by atoms with Crippen LogP contribution in [0.3, 0.4) is 0 Å². The molecule has 0 bridgehead atoms. The maximum absolute atomic E-state index is 13.5. The summed E-state index contributed by atoms with van der Waals surface area (Å²) in [6.07, 6.45) is 78.5. The number of esters is 1.